The lowest BCUT2D eigenvalue weighted by atomic mass is 10.0. The van der Waals surface area contributed by atoms with Crippen LogP contribution in [0.5, 0.6) is 0 Å². The minimum absolute atomic E-state index is 0.0325. The Morgan fingerprint density at radius 2 is 2.25 bits per heavy atom. The maximum absolute atomic E-state index is 10.0. The van der Waals surface area contributed by atoms with E-state index in [0.29, 0.717) is 37.9 Å². The molecule has 5 nitrogen and oxygen atoms in total. The van der Waals surface area contributed by atoms with Gasteiger partial charge >= 0.3 is 0 Å². The fraction of sp³-hybridized carbons (Fsp3) is 0.500. The molecule has 0 aliphatic carbocycles. The topological polar surface area (TPSA) is 54.3 Å². The van der Waals surface area contributed by atoms with E-state index in [1.54, 1.807) is 0 Å². The largest absolute Gasteiger partial charge is 0.390 e. The molecule has 2 rings (SSSR count). The van der Waals surface area contributed by atoms with E-state index in [-0.39, 0.29) is 6.10 Å². The van der Waals surface area contributed by atoms with Crippen LogP contribution in [0.3, 0.4) is 0 Å². The zero-order valence-corrected chi connectivity index (χ0v) is 14.8. The van der Waals surface area contributed by atoms with Gasteiger partial charge in [0.1, 0.15) is 6.10 Å². The molecule has 1 aromatic rings. The summed E-state index contributed by atoms with van der Waals surface area (Å²) in [6.45, 7) is 8.50. The molecule has 1 aliphatic rings. The van der Waals surface area contributed by atoms with Gasteiger partial charge in [-0.05, 0) is 24.6 Å². The Labute approximate surface area is 148 Å². The summed E-state index contributed by atoms with van der Waals surface area (Å²) in [7, 11) is 0. The summed E-state index contributed by atoms with van der Waals surface area (Å²) in [4.78, 5) is 7.65. The zero-order chi connectivity index (χ0) is 17.4. The van der Waals surface area contributed by atoms with Crippen molar-refractivity contribution in [2.75, 3.05) is 32.8 Å². The van der Waals surface area contributed by atoms with Gasteiger partial charge in [-0.3, -0.25) is 4.90 Å². The molecule has 0 bridgehead atoms. The maximum atomic E-state index is 10.0. The first-order valence-electron chi connectivity index (χ1n) is 8.20. The second-order valence-electron chi connectivity index (χ2n) is 5.80. The smallest absolute Gasteiger partial charge is 0.145 e. The lowest BCUT2D eigenvalue weighted by Crippen LogP contribution is -2.39. The molecule has 1 aromatic carbocycles. The van der Waals surface area contributed by atoms with Gasteiger partial charge < -0.3 is 14.7 Å². The number of benzene rings is 1. The fourth-order valence-corrected chi connectivity index (χ4v) is 2.76. The van der Waals surface area contributed by atoms with Gasteiger partial charge in [0.15, 0.2) is 0 Å². The van der Waals surface area contributed by atoms with Gasteiger partial charge in [-0.15, -0.1) is 6.58 Å². The van der Waals surface area contributed by atoms with Crippen LogP contribution >= 0.6 is 11.6 Å². The molecule has 0 saturated heterocycles. The number of aliphatic hydroxyl groups excluding tert-OH is 1. The van der Waals surface area contributed by atoms with Gasteiger partial charge in [0.25, 0.3) is 0 Å². The standard InChI is InChI=1S/C18H25ClN2O3/c1-3-9-21(11-16(22)13-23-4-2)12-17-10-18(20-24-17)14-5-7-15(19)8-6-14/h3,5-8,16-17,22H,1,4,9-13H2,2H3/t16-,17+/m0/s1. The summed E-state index contributed by atoms with van der Waals surface area (Å²) in [5, 5.41) is 14.9. The van der Waals surface area contributed by atoms with E-state index in [9.17, 15) is 5.11 Å². The van der Waals surface area contributed by atoms with E-state index in [4.69, 9.17) is 21.2 Å². The second-order valence-corrected chi connectivity index (χ2v) is 6.23. The molecule has 0 spiro atoms. The van der Waals surface area contributed by atoms with Crippen molar-refractivity contribution in [3.05, 3.63) is 47.5 Å². The monoisotopic (exact) mass is 352 g/mol. The zero-order valence-electron chi connectivity index (χ0n) is 14.0. The molecular formula is C18H25ClN2O3. The van der Waals surface area contributed by atoms with Crippen LogP contribution in [-0.2, 0) is 9.57 Å². The van der Waals surface area contributed by atoms with E-state index in [1.165, 1.54) is 0 Å². The summed E-state index contributed by atoms with van der Waals surface area (Å²) < 4.78 is 5.26. The average molecular weight is 353 g/mol. The van der Waals surface area contributed by atoms with Crippen molar-refractivity contribution in [1.29, 1.82) is 0 Å². The first-order chi connectivity index (χ1) is 11.6. The lowest BCUT2D eigenvalue weighted by molar-refractivity contribution is 0.00581. The molecule has 0 amide bonds. The maximum Gasteiger partial charge on any atom is 0.145 e. The number of halogens is 1. The number of nitrogens with zero attached hydrogens (tertiary/aromatic N) is 2. The molecule has 2 atom stereocenters. The van der Waals surface area contributed by atoms with Gasteiger partial charge in [-0.2, -0.15) is 0 Å². The molecular weight excluding hydrogens is 328 g/mol. The fourth-order valence-electron chi connectivity index (χ4n) is 2.64. The molecule has 0 fully saturated rings. The molecule has 1 heterocycles. The van der Waals surface area contributed by atoms with Gasteiger partial charge in [0, 0.05) is 37.7 Å². The van der Waals surface area contributed by atoms with Gasteiger partial charge in [0.2, 0.25) is 0 Å². The van der Waals surface area contributed by atoms with E-state index >= 15 is 0 Å². The van der Waals surface area contributed by atoms with E-state index in [0.717, 1.165) is 17.7 Å². The number of oxime groups is 1. The highest BCUT2D eigenvalue weighted by Gasteiger charge is 2.25. The van der Waals surface area contributed by atoms with Gasteiger partial charge in [-0.1, -0.05) is 35.0 Å². The van der Waals surface area contributed by atoms with Crippen LogP contribution in [0.1, 0.15) is 18.9 Å². The van der Waals surface area contributed by atoms with E-state index in [1.807, 2.05) is 37.3 Å². The number of ether oxygens (including phenoxy) is 1. The Morgan fingerprint density at radius 3 is 2.92 bits per heavy atom. The molecule has 0 unspecified atom stereocenters. The number of aliphatic hydroxyl groups is 1. The molecule has 1 N–H and O–H groups in total. The lowest BCUT2D eigenvalue weighted by Gasteiger charge is -2.25. The van der Waals surface area contributed by atoms with Crippen molar-refractivity contribution >= 4 is 17.3 Å². The summed E-state index contributed by atoms with van der Waals surface area (Å²) in [5.41, 5.74) is 1.94. The minimum Gasteiger partial charge on any atom is -0.390 e. The second kappa shape index (κ2) is 9.79. The van der Waals surface area contributed by atoms with Crippen LogP contribution in [0.4, 0.5) is 0 Å². The highest BCUT2D eigenvalue weighted by Crippen LogP contribution is 2.19. The summed E-state index contributed by atoms with van der Waals surface area (Å²) >= 11 is 5.91. The van der Waals surface area contributed by atoms with Crippen molar-refractivity contribution in [2.24, 2.45) is 5.16 Å². The number of hydrogen-bond donors (Lipinski definition) is 1. The van der Waals surface area contributed by atoms with Crippen molar-refractivity contribution in [1.82, 2.24) is 4.90 Å². The van der Waals surface area contributed by atoms with E-state index < -0.39 is 6.10 Å². The van der Waals surface area contributed by atoms with Gasteiger partial charge in [-0.25, -0.2) is 0 Å². The normalized spacial score (nSPS) is 18.3. The summed E-state index contributed by atoms with van der Waals surface area (Å²) in [6, 6.07) is 7.59. The molecule has 0 saturated carbocycles. The third kappa shape index (κ3) is 5.91. The predicted octanol–water partition coefficient (Wildman–Crippen LogP) is 2.72. The molecule has 132 valence electrons. The molecule has 0 radical (unpaired) electrons. The van der Waals surface area contributed by atoms with Crippen molar-refractivity contribution < 1.29 is 14.7 Å². The van der Waals surface area contributed by atoms with Crippen LogP contribution < -0.4 is 0 Å². The summed E-state index contributed by atoms with van der Waals surface area (Å²) in [6.07, 6.45) is 2.00. The predicted molar refractivity (Wildman–Crippen MR) is 96.6 cm³/mol. The van der Waals surface area contributed by atoms with Crippen LogP contribution in [-0.4, -0.2) is 60.8 Å². The SMILES string of the molecule is C=CCN(C[C@H](O)COCC)C[C@H]1CC(c2ccc(Cl)cc2)=NO1. The highest BCUT2D eigenvalue weighted by atomic mass is 35.5. The third-order valence-electron chi connectivity index (χ3n) is 3.74. The van der Waals surface area contributed by atoms with Crippen LogP contribution in [0.25, 0.3) is 0 Å². The van der Waals surface area contributed by atoms with E-state index in [2.05, 4.69) is 16.6 Å². The molecule has 1 aliphatic heterocycles. The minimum atomic E-state index is -0.525. The average Bonchev–Trinajstić information content (AvgIpc) is 3.02. The first kappa shape index (κ1) is 18.9. The Morgan fingerprint density at radius 1 is 1.50 bits per heavy atom. The molecule has 6 heteroatoms. The Balaban J connectivity index is 1.85. The molecule has 24 heavy (non-hydrogen) atoms. The Bertz CT molecular complexity index is 548. The van der Waals surface area contributed by atoms with Crippen molar-refractivity contribution in [3.63, 3.8) is 0 Å². The Kier molecular flexibility index (Phi) is 7.72. The quantitative estimate of drug-likeness (QED) is 0.658. The van der Waals surface area contributed by atoms with Crippen molar-refractivity contribution in [3.8, 4) is 0 Å². The molecule has 0 aromatic heterocycles. The van der Waals surface area contributed by atoms with Crippen LogP contribution in [0, 0.1) is 0 Å². The van der Waals surface area contributed by atoms with Gasteiger partial charge in [0.05, 0.1) is 18.4 Å². The first-order valence-corrected chi connectivity index (χ1v) is 8.57. The number of rotatable bonds is 10. The Hall–Kier alpha value is -1.40. The number of hydrogen-bond acceptors (Lipinski definition) is 5. The van der Waals surface area contributed by atoms with Crippen molar-refractivity contribution in [2.45, 2.75) is 25.6 Å². The highest BCUT2D eigenvalue weighted by molar-refractivity contribution is 6.30. The van der Waals surface area contributed by atoms with Crippen LogP contribution in [0.2, 0.25) is 5.02 Å². The summed E-state index contributed by atoms with van der Waals surface area (Å²) in [5.74, 6) is 0. The third-order valence-corrected chi connectivity index (χ3v) is 3.99. The van der Waals surface area contributed by atoms with Crippen LogP contribution in [0.15, 0.2) is 42.1 Å².